The molecule has 0 aliphatic heterocycles. The SMILES string of the molecule is Cn1c(NCCSC(C)(C)C)c(C#N)c(=O)n(C)c1=O. The third-order valence-electron chi connectivity index (χ3n) is 2.71. The molecule has 0 radical (unpaired) electrons. The third-order valence-corrected chi connectivity index (χ3v) is 3.98. The predicted molar refractivity (Wildman–Crippen MR) is 82.3 cm³/mol. The van der Waals surface area contributed by atoms with Crippen molar-refractivity contribution in [1.29, 1.82) is 5.26 Å². The van der Waals surface area contributed by atoms with E-state index in [4.69, 9.17) is 5.26 Å². The highest BCUT2D eigenvalue weighted by atomic mass is 32.2. The van der Waals surface area contributed by atoms with Gasteiger partial charge in [0.1, 0.15) is 11.9 Å². The first-order valence-electron chi connectivity index (χ1n) is 6.27. The third kappa shape index (κ3) is 3.67. The summed E-state index contributed by atoms with van der Waals surface area (Å²) >= 11 is 1.77. The average Bonchev–Trinajstić information content (AvgIpc) is 2.36. The summed E-state index contributed by atoms with van der Waals surface area (Å²) in [7, 11) is 2.91. The van der Waals surface area contributed by atoms with Crippen LogP contribution >= 0.6 is 11.8 Å². The molecule has 0 saturated heterocycles. The minimum Gasteiger partial charge on any atom is -0.369 e. The van der Waals surface area contributed by atoms with E-state index in [1.54, 1.807) is 18.8 Å². The Morgan fingerprint density at radius 2 is 1.85 bits per heavy atom. The van der Waals surface area contributed by atoms with Crippen LogP contribution < -0.4 is 16.6 Å². The lowest BCUT2D eigenvalue weighted by Gasteiger charge is -2.18. The second-order valence-corrected chi connectivity index (χ2v) is 7.35. The Morgan fingerprint density at radius 3 is 2.35 bits per heavy atom. The predicted octanol–water partition coefficient (Wildman–Crippen LogP) is 0.899. The molecule has 0 bridgehead atoms. The Morgan fingerprint density at radius 1 is 1.25 bits per heavy atom. The largest absolute Gasteiger partial charge is 0.369 e. The Bertz CT molecular complexity index is 647. The van der Waals surface area contributed by atoms with Crippen LogP contribution in [0, 0.1) is 11.3 Å². The summed E-state index contributed by atoms with van der Waals surface area (Å²) < 4.78 is 2.38. The van der Waals surface area contributed by atoms with Crippen molar-refractivity contribution < 1.29 is 0 Å². The maximum Gasteiger partial charge on any atom is 0.332 e. The van der Waals surface area contributed by atoms with E-state index < -0.39 is 11.2 Å². The zero-order chi connectivity index (χ0) is 15.5. The van der Waals surface area contributed by atoms with Crippen LogP contribution in [-0.4, -0.2) is 26.2 Å². The van der Waals surface area contributed by atoms with Gasteiger partial charge in [0.2, 0.25) is 0 Å². The van der Waals surface area contributed by atoms with Gasteiger partial charge in [0, 0.05) is 31.1 Å². The second kappa shape index (κ2) is 6.18. The van der Waals surface area contributed by atoms with Gasteiger partial charge in [0.25, 0.3) is 5.56 Å². The standard InChI is InChI=1S/C13H20N4O2S/c1-13(2,3)20-7-6-15-10-9(8-14)11(18)17(5)12(19)16(10)4/h15H,6-7H2,1-5H3. The zero-order valence-electron chi connectivity index (χ0n) is 12.5. The summed E-state index contributed by atoms with van der Waals surface area (Å²) in [5.41, 5.74) is -1.04. The van der Waals surface area contributed by atoms with Gasteiger partial charge in [0.15, 0.2) is 5.56 Å². The highest BCUT2D eigenvalue weighted by molar-refractivity contribution is 8.00. The quantitative estimate of drug-likeness (QED) is 0.835. The lowest BCUT2D eigenvalue weighted by Crippen LogP contribution is -2.40. The van der Waals surface area contributed by atoms with Crippen LogP contribution in [0.2, 0.25) is 0 Å². The highest BCUT2D eigenvalue weighted by Crippen LogP contribution is 2.22. The minimum absolute atomic E-state index is 0.0321. The molecule has 1 heterocycles. The van der Waals surface area contributed by atoms with Gasteiger partial charge in [-0.2, -0.15) is 17.0 Å². The molecule has 6 nitrogen and oxygen atoms in total. The fraction of sp³-hybridized carbons (Fsp3) is 0.615. The van der Waals surface area contributed by atoms with Crippen LogP contribution in [0.1, 0.15) is 26.3 Å². The monoisotopic (exact) mass is 296 g/mol. The van der Waals surface area contributed by atoms with E-state index in [1.165, 1.54) is 11.6 Å². The molecule has 20 heavy (non-hydrogen) atoms. The molecule has 0 fully saturated rings. The van der Waals surface area contributed by atoms with Crippen molar-refractivity contribution in [2.45, 2.75) is 25.5 Å². The van der Waals surface area contributed by atoms with Crippen molar-refractivity contribution in [2.75, 3.05) is 17.6 Å². The number of nitriles is 1. The van der Waals surface area contributed by atoms with E-state index in [2.05, 4.69) is 26.1 Å². The van der Waals surface area contributed by atoms with E-state index in [1.807, 2.05) is 6.07 Å². The Labute approximate surface area is 122 Å². The summed E-state index contributed by atoms with van der Waals surface area (Å²) in [5.74, 6) is 1.10. The summed E-state index contributed by atoms with van der Waals surface area (Å²) in [6.45, 7) is 6.93. The number of aromatic nitrogens is 2. The number of nitrogens with zero attached hydrogens (tertiary/aromatic N) is 3. The molecule has 1 rings (SSSR count). The molecule has 7 heteroatoms. The first kappa shape index (κ1) is 16.4. The van der Waals surface area contributed by atoms with Crippen LogP contribution in [0.15, 0.2) is 9.59 Å². The van der Waals surface area contributed by atoms with Crippen molar-refractivity contribution in [3.8, 4) is 6.07 Å². The van der Waals surface area contributed by atoms with Gasteiger partial charge in [-0.25, -0.2) is 4.79 Å². The fourth-order valence-corrected chi connectivity index (χ4v) is 2.50. The fourth-order valence-electron chi connectivity index (χ4n) is 1.68. The molecule has 0 saturated carbocycles. The average molecular weight is 296 g/mol. The van der Waals surface area contributed by atoms with E-state index in [0.717, 1.165) is 10.3 Å². The molecule has 0 unspecified atom stereocenters. The van der Waals surface area contributed by atoms with Crippen LogP contribution in [0.25, 0.3) is 0 Å². The maximum atomic E-state index is 11.9. The zero-order valence-corrected chi connectivity index (χ0v) is 13.3. The molecule has 0 aliphatic carbocycles. The molecular formula is C13H20N4O2S. The van der Waals surface area contributed by atoms with Crippen LogP contribution in [0.5, 0.6) is 0 Å². The van der Waals surface area contributed by atoms with Crippen molar-refractivity contribution >= 4 is 17.6 Å². The molecule has 0 spiro atoms. The topological polar surface area (TPSA) is 79.8 Å². The van der Waals surface area contributed by atoms with Gasteiger partial charge in [-0.15, -0.1) is 0 Å². The number of hydrogen-bond donors (Lipinski definition) is 1. The lowest BCUT2D eigenvalue weighted by molar-refractivity contribution is 0.686. The Kier molecular flexibility index (Phi) is 5.06. The first-order valence-corrected chi connectivity index (χ1v) is 7.25. The van der Waals surface area contributed by atoms with Crippen LogP contribution in [-0.2, 0) is 14.1 Å². The summed E-state index contributed by atoms with van der Waals surface area (Å²) in [6, 6.07) is 1.87. The van der Waals surface area contributed by atoms with Crippen molar-refractivity contribution in [3.05, 3.63) is 26.4 Å². The second-order valence-electron chi connectivity index (χ2n) is 5.43. The molecule has 0 amide bonds. The number of rotatable bonds is 4. The molecular weight excluding hydrogens is 276 g/mol. The molecule has 0 atom stereocenters. The smallest absolute Gasteiger partial charge is 0.332 e. The number of nitrogens with one attached hydrogen (secondary N) is 1. The summed E-state index contributed by atoms with van der Waals surface area (Å²) in [6.07, 6.45) is 0. The van der Waals surface area contributed by atoms with E-state index >= 15 is 0 Å². The summed E-state index contributed by atoms with van der Waals surface area (Å²) in [5, 5.41) is 12.1. The van der Waals surface area contributed by atoms with Gasteiger partial charge in [-0.1, -0.05) is 20.8 Å². The summed E-state index contributed by atoms with van der Waals surface area (Å²) in [4.78, 5) is 23.7. The number of anilines is 1. The lowest BCUT2D eigenvalue weighted by atomic mass is 10.3. The maximum absolute atomic E-state index is 11.9. The number of hydrogen-bond acceptors (Lipinski definition) is 5. The van der Waals surface area contributed by atoms with Crippen LogP contribution in [0.4, 0.5) is 5.82 Å². The van der Waals surface area contributed by atoms with Crippen molar-refractivity contribution in [1.82, 2.24) is 9.13 Å². The molecule has 1 aromatic heterocycles. The van der Waals surface area contributed by atoms with Gasteiger partial charge in [-0.3, -0.25) is 13.9 Å². The van der Waals surface area contributed by atoms with Crippen molar-refractivity contribution in [3.63, 3.8) is 0 Å². The van der Waals surface area contributed by atoms with E-state index in [0.29, 0.717) is 6.54 Å². The van der Waals surface area contributed by atoms with Gasteiger partial charge in [0.05, 0.1) is 0 Å². The number of thioether (sulfide) groups is 1. The molecule has 110 valence electrons. The van der Waals surface area contributed by atoms with Gasteiger partial charge in [-0.05, 0) is 0 Å². The first-order chi connectivity index (χ1) is 9.19. The Hall–Kier alpha value is -1.68. The molecule has 0 aromatic carbocycles. The molecule has 0 aliphatic rings. The normalized spacial score (nSPS) is 11.2. The highest BCUT2D eigenvalue weighted by Gasteiger charge is 2.15. The van der Waals surface area contributed by atoms with Gasteiger partial charge < -0.3 is 5.32 Å². The minimum atomic E-state index is -0.568. The van der Waals surface area contributed by atoms with Gasteiger partial charge >= 0.3 is 5.69 Å². The van der Waals surface area contributed by atoms with Crippen LogP contribution in [0.3, 0.4) is 0 Å². The Balaban J connectivity index is 3.00. The molecule has 1 N–H and O–H groups in total. The van der Waals surface area contributed by atoms with E-state index in [-0.39, 0.29) is 16.1 Å². The molecule has 1 aromatic rings. The van der Waals surface area contributed by atoms with Crippen molar-refractivity contribution in [2.24, 2.45) is 14.1 Å². The van der Waals surface area contributed by atoms with E-state index in [9.17, 15) is 9.59 Å².